The van der Waals surface area contributed by atoms with Gasteiger partial charge in [-0.05, 0) is 42.8 Å². The zero-order valence-corrected chi connectivity index (χ0v) is 20.2. The number of imidazole rings is 1. The number of alkyl halides is 3. The van der Waals surface area contributed by atoms with E-state index in [1.165, 1.54) is 36.9 Å². The minimum atomic E-state index is -5.07. The standard InChI is InChI=1S/C24H20F4N6O4/c1-12-21(31-13(2)35)32-20-7-6-18(33-34(12)20)15-9-16(23(37-3)30-11-15)22(36)29-10-14-4-5-17(25)19(8-14)38-24(26,27)28/h4-9,11H,10H2,1-3H3,(H,29,36)(H,31,35). The molecule has 10 nitrogen and oxygen atoms in total. The highest BCUT2D eigenvalue weighted by molar-refractivity contribution is 5.97. The summed E-state index contributed by atoms with van der Waals surface area (Å²) >= 11 is 0. The first-order valence-corrected chi connectivity index (χ1v) is 11.0. The van der Waals surface area contributed by atoms with Gasteiger partial charge in [0.15, 0.2) is 23.0 Å². The number of nitrogens with zero attached hydrogens (tertiary/aromatic N) is 4. The van der Waals surface area contributed by atoms with Crippen LogP contribution in [-0.2, 0) is 11.3 Å². The van der Waals surface area contributed by atoms with E-state index < -0.39 is 23.8 Å². The third kappa shape index (κ3) is 5.79. The lowest BCUT2D eigenvalue weighted by atomic mass is 10.1. The Kier molecular flexibility index (Phi) is 7.15. The highest BCUT2D eigenvalue weighted by Gasteiger charge is 2.32. The Balaban J connectivity index is 1.59. The average molecular weight is 532 g/mol. The number of fused-ring (bicyclic) bond motifs is 1. The average Bonchev–Trinajstić information content (AvgIpc) is 3.16. The molecule has 0 unspecified atom stereocenters. The van der Waals surface area contributed by atoms with Crippen LogP contribution in [0.25, 0.3) is 16.9 Å². The summed E-state index contributed by atoms with van der Waals surface area (Å²) < 4.78 is 61.6. The van der Waals surface area contributed by atoms with Crippen LogP contribution in [0.4, 0.5) is 23.4 Å². The van der Waals surface area contributed by atoms with Gasteiger partial charge in [0, 0.05) is 25.2 Å². The summed E-state index contributed by atoms with van der Waals surface area (Å²) in [5.74, 6) is -2.77. The number of hydrogen-bond donors (Lipinski definition) is 2. The van der Waals surface area contributed by atoms with Gasteiger partial charge < -0.3 is 20.1 Å². The maximum absolute atomic E-state index is 13.7. The molecule has 4 rings (SSSR count). The number of carbonyl (C=O) groups is 2. The Labute approximate surface area is 212 Å². The van der Waals surface area contributed by atoms with Crippen molar-refractivity contribution in [2.24, 2.45) is 0 Å². The van der Waals surface area contributed by atoms with Crippen LogP contribution in [0, 0.1) is 12.7 Å². The lowest BCUT2D eigenvalue weighted by molar-refractivity contribution is -0.275. The molecule has 2 N–H and O–H groups in total. The number of rotatable bonds is 7. The monoisotopic (exact) mass is 532 g/mol. The van der Waals surface area contributed by atoms with E-state index in [4.69, 9.17) is 4.74 Å². The molecule has 3 heterocycles. The molecular formula is C24H20F4N6O4. The number of ether oxygens (including phenoxy) is 2. The minimum Gasteiger partial charge on any atom is -0.480 e. The van der Waals surface area contributed by atoms with E-state index in [9.17, 15) is 27.2 Å². The van der Waals surface area contributed by atoms with E-state index in [2.05, 4.69) is 30.4 Å². The van der Waals surface area contributed by atoms with Gasteiger partial charge in [0.2, 0.25) is 11.8 Å². The number of aromatic nitrogens is 4. The van der Waals surface area contributed by atoms with Gasteiger partial charge >= 0.3 is 6.36 Å². The van der Waals surface area contributed by atoms with Gasteiger partial charge in [0.1, 0.15) is 5.56 Å². The number of anilines is 1. The largest absolute Gasteiger partial charge is 0.573 e. The first-order chi connectivity index (χ1) is 17.9. The van der Waals surface area contributed by atoms with E-state index in [1.807, 2.05) is 0 Å². The zero-order chi connectivity index (χ0) is 27.6. The Hall–Kier alpha value is -4.75. The first kappa shape index (κ1) is 26.3. The van der Waals surface area contributed by atoms with Gasteiger partial charge in [-0.15, -0.1) is 13.2 Å². The number of carbonyl (C=O) groups excluding carboxylic acids is 2. The smallest absolute Gasteiger partial charge is 0.480 e. The third-order valence-corrected chi connectivity index (χ3v) is 5.26. The molecule has 4 aromatic rings. The Bertz CT molecular complexity index is 1540. The summed E-state index contributed by atoms with van der Waals surface area (Å²) in [5, 5.41) is 9.69. The van der Waals surface area contributed by atoms with Crippen LogP contribution in [0.3, 0.4) is 0 Å². The summed E-state index contributed by atoms with van der Waals surface area (Å²) in [6, 6.07) is 7.69. The topological polar surface area (TPSA) is 120 Å². The molecule has 0 aliphatic heterocycles. The molecule has 0 fully saturated rings. The van der Waals surface area contributed by atoms with E-state index in [0.29, 0.717) is 28.4 Å². The van der Waals surface area contributed by atoms with Gasteiger partial charge in [0.25, 0.3) is 5.91 Å². The second kappa shape index (κ2) is 10.3. The maximum atomic E-state index is 13.7. The highest BCUT2D eigenvalue weighted by atomic mass is 19.4. The fourth-order valence-electron chi connectivity index (χ4n) is 3.54. The summed E-state index contributed by atoms with van der Waals surface area (Å²) in [6.45, 7) is 2.86. The summed E-state index contributed by atoms with van der Waals surface area (Å²) in [6.07, 6.45) is -3.62. The number of pyridine rings is 1. The predicted octanol–water partition coefficient (Wildman–Crippen LogP) is 4.03. The molecule has 38 heavy (non-hydrogen) atoms. The van der Waals surface area contributed by atoms with Crippen LogP contribution in [0.15, 0.2) is 42.6 Å². The van der Waals surface area contributed by atoms with E-state index in [-0.39, 0.29) is 29.5 Å². The summed E-state index contributed by atoms with van der Waals surface area (Å²) in [4.78, 5) is 32.8. The molecule has 198 valence electrons. The van der Waals surface area contributed by atoms with Crippen LogP contribution < -0.4 is 20.1 Å². The van der Waals surface area contributed by atoms with Crippen LogP contribution in [0.5, 0.6) is 11.6 Å². The van der Waals surface area contributed by atoms with E-state index in [0.717, 1.165) is 12.1 Å². The Morgan fingerprint density at radius 3 is 2.58 bits per heavy atom. The normalized spacial score (nSPS) is 11.3. The van der Waals surface area contributed by atoms with Crippen molar-refractivity contribution in [2.45, 2.75) is 26.8 Å². The second-order valence-electron chi connectivity index (χ2n) is 7.99. The molecule has 0 spiro atoms. The molecule has 0 radical (unpaired) electrons. The van der Waals surface area contributed by atoms with Crippen LogP contribution in [0.1, 0.15) is 28.5 Å². The first-order valence-electron chi connectivity index (χ1n) is 11.0. The van der Waals surface area contributed by atoms with Crippen molar-refractivity contribution < 1.29 is 36.6 Å². The van der Waals surface area contributed by atoms with Gasteiger partial charge in [-0.25, -0.2) is 18.9 Å². The molecular weight excluding hydrogens is 512 g/mol. The number of aryl methyl sites for hydroxylation is 1. The van der Waals surface area contributed by atoms with Crippen LogP contribution in [0.2, 0.25) is 0 Å². The Morgan fingerprint density at radius 1 is 1.13 bits per heavy atom. The fraction of sp³-hybridized carbons (Fsp3) is 0.208. The van der Waals surface area contributed by atoms with Crippen molar-refractivity contribution in [2.75, 3.05) is 12.4 Å². The Morgan fingerprint density at radius 2 is 1.89 bits per heavy atom. The number of amides is 2. The van der Waals surface area contributed by atoms with Gasteiger partial charge in [-0.1, -0.05) is 6.07 Å². The molecule has 14 heteroatoms. The van der Waals surface area contributed by atoms with Crippen molar-refractivity contribution in [3.63, 3.8) is 0 Å². The lowest BCUT2D eigenvalue weighted by Crippen LogP contribution is -2.24. The second-order valence-corrected chi connectivity index (χ2v) is 7.99. The number of benzene rings is 1. The molecule has 0 aliphatic carbocycles. The molecule has 0 aliphatic rings. The van der Waals surface area contributed by atoms with Crippen molar-refractivity contribution >= 4 is 23.3 Å². The molecule has 0 saturated carbocycles. The van der Waals surface area contributed by atoms with Crippen LogP contribution >= 0.6 is 0 Å². The van der Waals surface area contributed by atoms with E-state index >= 15 is 0 Å². The summed E-state index contributed by atoms with van der Waals surface area (Å²) in [5.41, 5.74) is 2.16. The predicted molar refractivity (Wildman–Crippen MR) is 126 cm³/mol. The van der Waals surface area contributed by atoms with Crippen molar-refractivity contribution in [3.05, 3.63) is 65.2 Å². The van der Waals surface area contributed by atoms with Crippen molar-refractivity contribution in [3.8, 4) is 22.9 Å². The fourth-order valence-corrected chi connectivity index (χ4v) is 3.54. The quantitative estimate of drug-likeness (QED) is 0.345. The number of methoxy groups -OCH3 is 1. The minimum absolute atomic E-state index is 0.000663. The van der Waals surface area contributed by atoms with E-state index in [1.54, 1.807) is 19.1 Å². The molecule has 3 aromatic heterocycles. The number of halogens is 4. The SMILES string of the molecule is COc1ncc(-c2ccc3nc(NC(C)=O)c(C)n3n2)cc1C(=O)NCc1ccc(F)c(OC(F)(F)F)c1. The maximum Gasteiger partial charge on any atom is 0.573 e. The third-order valence-electron chi connectivity index (χ3n) is 5.26. The highest BCUT2D eigenvalue weighted by Crippen LogP contribution is 2.27. The van der Waals surface area contributed by atoms with Crippen molar-refractivity contribution in [1.29, 1.82) is 0 Å². The molecule has 1 aromatic carbocycles. The van der Waals surface area contributed by atoms with Crippen LogP contribution in [-0.4, -0.2) is 44.9 Å². The van der Waals surface area contributed by atoms with Gasteiger partial charge in [-0.2, -0.15) is 5.10 Å². The molecule has 0 bridgehead atoms. The number of nitrogens with one attached hydrogen (secondary N) is 2. The number of hydrogen-bond acceptors (Lipinski definition) is 7. The van der Waals surface area contributed by atoms with Gasteiger partial charge in [0.05, 0.1) is 18.5 Å². The molecule has 0 saturated heterocycles. The zero-order valence-electron chi connectivity index (χ0n) is 20.2. The van der Waals surface area contributed by atoms with Crippen molar-refractivity contribution in [1.82, 2.24) is 24.9 Å². The molecule has 2 amide bonds. The summed E-state index contributed by atoms with van der Waals surface area (Å²) in [7, 11) is 1.32. The molecule has 0 atom stereocenters. The van der Waals surface area contributed by atoms with Gasteiger partial charge in [-0.3, -0.25) is 9.59 Å². The lowest BCUT2D eigenvalue weighted by Gasteiger charge is -2.13.